The normalized spacial score (nSPS) is 28.7. The van der Waals surface area contributed by atoms with Crippen molar-refractivity contribution in [1.29, 1.82) is 0 Å². The van der Waals surface area contributed by atoms with Gasteiger partial charge >= 0.3 is 12.0 Å². The zero-order valence-corrected chi connectivity index (χ0v) is 10.8. The minimum Gasteiger partial charge on any atom is -0.480 e. The molecule has 1 fully saturated rings. The van der Waals surface area contributed by atoms with Gasteiger partial charge in [0.15, 0.2) is 6.04 Å². The average Bonchev–Trinajstić information content (AvgIpc) is 2.67. The number of aliphatic hydroxyl groups is 1. The molecular formula is C12H22N2O4. The molecule has 2 amide bonds. The van der Waals surface area contributed by atoms with Crippen molar-refractivity contribution in [2.45, 2.75) is 45.2 Å². The maximum absolute atomic E-state index is 11.6. The second kappa shape index (κ2) is 6.58. The largest absolute Gasteiger partial charge is 0.480 e. The first-order chi connectivity index (χ1) is 8.49. The molecule has 1 aliphatic rings. The van der Waals surface area contributed by atoms with Gasteiger partial charge in [-0.05, 0) is 24.7 Å². The van der Waals surface area contributed by atoms with Crippen molar-refractivity contribution in [2.75, 3.05) is 6.61 Å². The van der Waals surface area contributed by atoms with Gasteiger partial charge < -0.3 is 20.8 Å². The lowest BCUT2D eigenvalue weighted by Gasteiger charge is -2.22. The molecule has 0 bridgehead atoms. The monoisotopic (exact) mass is 258 g/mol. The van der Waals surface area contributed by atoms with Crippen LogP contribution < -0.4 is 10.6 Å². The van der Waals surface area contributed by atoms with Crippen molar-refractivity contribution < 1.29 is 19.8 Å². The number of hydrogen-bond acceptors (Lipinski definition) is 3. The van der Waals surface area contributed by atoms with Gasteiger partial charge in [0, 0.05) is 6.04 Å². The van der Waals surface area contributed by atoms with Crippen LogP contribution in [0.5, 0.6) is 0 Å². The molecule has 18 heavy (non-hydrogen) atoms. The second-order valence-corrected chi connectivity index (χ2v) is 4.90. The molecule has 0 aromatic rings. The number of aliphatic carboxylic acids is 1. The Morgan fingerprint density at radius 1 is 1.39 bits per heavy atom. The summed E-state index contributed by atoms with van der Waals surface area (Å²) in [7, 11) is 0. The van der Waals surface area contributed by atoms with Gasteiger partial charge in [-0.1, -0.05) is 20.3 Å². The van der Waals surface area contributed by atoms with Crippen molar-refractivity contribution in [3.8, 4) is 0 Å². The molecule has 0 aromatic heterocycles. The summed E-state index contributed by atoms with van der Waals surface area (Å²) in [5.74, 6) is -0.222. The third-order valence-corrected chi connectivity index (χ3v) is 3.85. The summed E-state index contributed by atoms with van der Waals surface area (Å²) in [5, 5.41) is 22.6. The summed E-state index contributed by atoms with van der Waals surface area (Å²) in [6.07, 6.45) is 3.10. The molecule has 6 heteroatoms. The van der Waals surface area contributed by atoms with Crippen LogP contribution >= 0.6 is 0 Å². The number of carbonyl (C=O) groups is 2. The molecule has 3 unspecified atom stereocenters. The van der Waals surface area contributed by atoms with Crippen LogP contribution in [0.4, 0.5) is 4.79 Å². The molecule has 1 aliphatic carbocycles. The fourth-order valence-corrected chi connectivity index (χ4v) is 2.58. The SMILES string of the molecule is CCC1CCC(NC(=O)N[C@@H](CO)C(=O)O)C1C. The standard InChI is InChI=1S/C12H22N2O4/c1-3-8-4-5-9(7(8)2)13-12(18)14-10(6-15)11(16)17/h7-10,15H,3-6H2,1-2H3,(H,16,17)(H2,13,14,18)/t7?,8?,9?,10-/m0/s1. The Bertz CT molecular complexity index is 308. The number of urea groups is 1. The minimum absolute atomic E-state index is 0.0862. The predicted octanol–water partition coefficient (Wildman–Crippen LogP) is 0.556. The smallest absolute Gasteiger partial charge is 0.328 e. The Labute approximate surface area is 107 Å². The van der Waals surface area contributed by atoms with Crippen molar-refractivity contribution in [2.24, 2.45) is 11.8 Å². The Hall–Kier alpha value is -1.30. The van der Waals surface area contributed by atoms with Crippen LogP contribution in [-0.2, 0) is 4.79 Å². The highest BCUT2D eigenvalue weighted by Gasteiger charge is 2.33. The van der Waals surface area contributed by atoms with Gasteiger partial charge in [0.25, 0.3) is 0 Å². The lowest BCUT2D eigenvalue weighted by atomic mass is 9.93. The van der Waals surface area contributed by atoms with Crippen LogP contribution in [-0.4, -0.2) is 40.9 Å². The van der Waals surface area contributed by atoms with E-state index in [0.717, 1.165) is 19.3 Å². The lowest BCUT2D eigenvalue weighted by molar-refractivity contribution is -0.140. The zero-order chi connectivity index (χ0) is 13.7. The Kier molecular flexibility index (Phi) is 5.40. The maximum atomic E-state index is 11.6. The van der Waals surface area contributed by atoms with Crippen LogP contribution in [0.1, 0.15) is 33.1 Å². The number of amides is 2. The van der Waals surface area contributed by atoms with Crippen LogP contribution in [0.2, 0.25) is 0 Å². The van der Waals surface area contributed by atoms with E-state index in [0.29, 0.717) is 11.8 Å². The summed E-state index contributed by atoms with van der Waals surface area (Å²) in [5.41, 5.74) is 0. The molecular weight excluding hydrogens is 236 g/mol. The summed E-state index contributed by atoms with van der Waals surface area (Å²) < 4.78 is 0. The number of carboxylic acid groups (broad SMARTS) is 1. The van der Waals surface area contributed by atoms with Crippen LogP contribution in [0.25, 0.3) is 0 Å². The van der Waals surface area contributed by atoms with E-state index in [1.165, 1.54) is 0 Å². The first-order valence-electron chi connectivity index (χ1n) is 6.40. The molecule has 0 aromatic carbocycles. The molecule has 0 radical (unpaired) electrons. The van der Waals surface area contributed by atoms with Crippen LogP contribution in [0.3, 0.4) is 0 Å². The number of aliphatic hydroxyl groups excluding tert-OH is 1. The molecule has 1 rings (SSSR count). The summed E-state index contributed by atoms with van der Waals surface area (Å²) in [4.78, 5) is 22.3. The van der Waals surface area contributed by atoms with E-state index in [1.807, 2.05) is 0 Å². The van der Waals surface area contributed by atoms with Crippen molar-refractivity contribution in [3.63, 3.8) is 0 Å². The van der Waals surface area contributed by atoms with Gasteiger partial charge in [0.1, 0.15) is 0 Å². The highest BCUT2D eigenvalue weighted by molar-refractivity contribution is 5.82. The molecule has 0 aliphatic heterocycles. The van der Waals surface area contributed by atoms with Crippen LogP contribution in [0, 0.1) is 11.8 Å². The molecule has 0 saturated heterocycles. The lowest BCUT2D eigenvalue weighted by Crippen LogP contribution is -2.51. The van der Waals surface area contributed by atoms with E-state index in [9.17, 15) is 9.59 Å². The highest BCUT2D eigenvalue weighted by Crippen LogP contribution is 2.33. The summed E-state index contributed by atoms with van der Waals surface area (Å²) in [6, 6.07) is -1.68. The van der Waals surface area contributed by atoms with E-state index in [1.54, 1.807) is 0 Å². The van der Waals surface area contributed by atoms with Gasteiger partial charge in [-0.3, -0.25) is 0 Å². The van der Waals surface area contributed by atoms with Crippen molar-refractivity contribution >= 4 is 12.0 Å². The fourth-order valence-electron chi connectivity index (χ4n) is 2.58. The second-order valence-electron chi connectivity index (χ2n) is 4.90. The summed E-state index contributed by atoms with van der Waals surface area (Å²) >= 11 is 0. The molecule has 4 N–H and O–H groups in total. The molecule has 0 spiro atoms. The number of carboxylic acids is 1. The highest BCUT2D eigenvalue weighted by atomic mass is 16.4. The molecule has 6 nitrogen and oxygen atoms in total. The molecule has 104 valence electrons. The number of hydrogen-bond donors (Lipinski definition) is 4. The molecule has 1 saturated carbocycles. The van der Waals surface area contributed by atoms with Gasteiger partial charge in [-0.15, -0.1) is 0 Å². The number of carbonyl (C=O) groups excluding carboxylic acids is 1. The Balaban J connectivity index is 2.43. The third kappa shape index (κ3) is 3.60. The topological polar surface area (TPSA) is 98.7 Å². The predicted molar refractivity (Wildman–Crippen MR) is 66.1 cm³/mol. The fraction of sp³-hybridized carbons (Fsp3) is 0.833. The minimum atomic E-state index is -1.25. The summed E-state index contributed by atoms with van der Waals surface area (Å²) in [6.45, 7) is 3.63. The van der Waals surface area contributed by atoms with Crippen LogP contribution in [0.15, 0.2) is 0 Å². The Morgan fingerprint density at radius 2 is 2.06 bits per heavy atom. The molecule has 0 heterocycles. The quantitative estimate of drug-likeness (QED) is 0.579. The van der Waals surface area contributed by atoms with Gasteiger partial charge in [-0.2, -0.15) is 0 Å². The van der Waals surface area contributed by atoms with Gasteiger partial charge in [-0.25, -0.2) is 9.59 Å². The molecule has 4 atom stereocenters. The van der Waals surface area contributed by atoms with E-state index >= 15 is 0 Å². The maximum Gasteiger partial charge on any atom is 0.328 e. The first kappa shape index (κ1) is 14.8. The van der Waals surface area contributed by atoms with E-state index in [-0.39, 0.29) is 6.04 Å². The van der Waals surface area contributed by atoms with Gasteiger partial charge in [0.05, 0.1) is 6.61 Å². The van der Waals surface area contributed by atoms with Crippen molar-refractivity contribution in [3.05, 3.63) is 0 Å². The van der Waals surface area contributed by atoms with E-state index in [2.05, 4.69) is 24.5 Å². The number of rotatable bonds is 5. The Morgan fingerprint density at radius 3 is 2.50 bits per heavy atom. The first-order valence-corrected chi connectivity index (χ1v) is 6.40. The van der Waals surface area contributed by atoms with Crippen molar-refractivity contribution in [1.82, 2.24) is 10.6 Å². The van der Waals surface area contributed by atoms with E-state index < -0.39 is 24.6 Å². The third-order valence-electron chi connectivity index (χ3n) is 3.85. The van der Waals surface area contributed by atoms with E-state index in [4.69, 9.17) is 10.2 Å². The van der Waals surface area contributed by atoms with Gasteiger partial charge in [0.2, 0.25) is 0 Å². The average molecular weight is 258 g/mol. The zero-order valence-electron chi connectivity index (χ0n) is 10.8. The number of nitrogens with one attached hydrogen (secondary N) is 2.